The van der Waals surface area contributed by atoms with E-state index in [1.165, 1.54) is 0 Å². The van der Waals surface area contributed by atoms with E-state index >= 15 is 0 Å². The highest BCUT2D eigenvalue weighted by Gasteiger charge is 2.28. The number of anilines is 2. The van der Waals surface area contributed by atoms with Gasteiger partial charge in [0.2, 0.25) is 0 Å². The standard InChI is InChI=1S/C29H31ClN6O4.CH4O/c1-34(2)27-8-7-20(15-33-27)36-16-19(17-37)28(38)22-13-23(30)25(14-24(22)36)35-11-4-5-21(35)18-40-29-26(39-12-9-31)6-3-10-32-29;1-2/h3,6-8,10,13-17,21H,4-5,9,11-12,18,31H2,1-2H3;2H,1H3. The van der Waals surface area contributed by atoms with Gasteiger partial charge < -0.3 is 34.7 Å². The molecule has 42 heavy (non-hydrogen) atoms. The highest BCUT2D eigenvalue weighted by Crippen LogP contribution is 2.36. The third-order valence-corrected chi connectivity index (χ3v) is 7.21. The first-order chi connectivity index (χ1) is 20.4. The van der Waals surface area contributed by atoms with Gasteiger partial charge in [0.25, 0.3) is 5.88 Å². The second-order valence-corrected chi connectivity index (χ2v) is 10.1. The molecule has 1 fully saturated rings. The van der Waals surface area contributed by atoms with Crippen molar-refractivity contribution in [2.24, 2.45) is 5.73 Å². The van der Waals surface area contributed by atoms with Gasteiger partial charge in [-0.15, -0.1) is 0 Å². The maximum Gasteiger partial charge on any atom is 0.257 e. The number of fused-ring (bicyclic) bond motifs is 1. The number of rotatable bonds is 10. The fraction of sp³-hybridized carbons (Fsp3) is 0.333. The quantitative estimate of drug-likeness (QED) is 0.263. The molecule has 0 amide bonds. The summed E-state index contributed by atoms with van der Waals surface area (Å²) in [7, 11) is 4.82. The van der Waals surface area contributed by atoms with Gasteiger partial charge in [-0.2, -0.15) is 0 Å². The minimum absolute atomic E-state index is 0.0229. The Labute approximate surface area is 249 Å². The predicted octanol–water partition coefficient (Wildman–Crippen LogP) is 3.31. The van der Waals surface area contributed by atoms with Crippen molar-refractivity contribution in [1.82, 2.24) is 14.5 Å². The lowest BCUT2D eigenvalue weighted by molar-refractivity contribution is 0.112. The third-order valence-electron chi connectivity index (χ3n) is 6.91. The van der Waals surface area contributed by atoms with Crippen LogP contribution in [-0.4, -0.2) is 79.5 Å². The maximum atomic E-state index is 13.1. The Kier molecular flexibility index (Phi) is 10.3. The topological polar surface area (TPSA) is 136 Å². The molecule has 222 valence electrons. The van der Waals surface area contributed by atoms with E-state index in [1.807, 2.05) is 41.8 Å². The molecular weight excluding hydrogens is 560 g/mol. The van der Waals surface area contributed by atoms with E-state index in [0.29, 0.717) is 59.3 Å². The molecule has 11 nitrogen and oxygen atoms in total. The number of pyridine rings is 3. The monoisotopic (exact) mass is 594 g/mol. The van der Waals surface area contributed by atoms with E-state index in [0.717, 1.165) is 38.0 Å². The van der Waals surface area contributed by atoms with E-state index in [-0.39, 0.29) is 17.0 Å². The molecule has 1 aromatic carbocycles. The molecule has 0 bridgehead atoms. The van der Waals surface area contributed by atoms with Crippen molar-refractivity contribution >= 4 is 40.3 Å². The van der Waals surface area contributed by atoms with Crippen LogP contribution in [-0.2, 0) is 0 Å². The van der Waals surface area contributed by atoms with E-state index < -0.39 is 0 Å². The number of aromatic nitrogens is 3. The van der Waals surface area contributed by atoms with Crippen molar-refractivity contribution < 1.29 is 19.4 Å². The molecule has 1 aliphatic rings. The van der Waals surface area contributed by atoms with Crippen LogP contribution in [0.15, 0.2) is 59.8 Å². The fourth-order valence-corrected chi connectivity index (χ4v) is 5.19. The number of carbonyl (C=O) groups is 1. The summed E-state index contributed by atoms with van der Waals surface area (Å²) in [6.45, 7) is 1.90. The van der Waals surface area contributed by atoms with Gasteiger partial charge in [-0.3, -0.25) is 9.59 Å². The molecule has 0 spiro atoms. The molecule has 3 aromatic heterocycles. The molecule has 4 heterocycles. The molecule has 1 saturated heterocycles. The Hall–Kier alpha value is -4.19. The summed E-state index contributed by atoms with van der Waals surface area (Å²) in [5.41, 5.74) is 7.38. The third kappa shape index (κ3) is 6.48. The first-order valence-electron chi connectivity index (χ1n) is 13.5. The molecule has 1 aliphatic heterocycles. The van der Waals surface area contributed by atoms with E-state index in [4.69, 9.17) is 31.9 Å². The van der Waals surface area contributed by atoms with Crippen LogP contribution >= 0.6 is 11.6 Å². The number of benzene rings is 1. The summed E-state index contributed by atoms with van der Waals surface area (Å²) in [5.74, 6) is 1.75. The van der Waals surface area contributed by atoms with Crippen LogP contribution < -0.4 is 30.4 Å². The number of carbonyl (C=O) groups excluding carboxylic acids is 1. The van der Waals surface area contributed by atoms with Crippen LogP contribution in [0, 0.1) is 0 Å². The van der Waals surface area contributed by atoms with Crippen LogP contribution in [0.25, 0.3) is 16.6 Å². The van der Waals surface area contributed by atoms with Crippen molar-refractivity contribution in [3.8, 4) is 17.3 Å². The zero-order chi connectivity index (χ0) is 30.2. The van der Waals surface area contributed by atoms with Gasteiger partial charge >= 0.3 is 0 Å². The number of aliphatic hydroxyl groups excluding tert-OH is 1. The van der Waals surface area contributed by atoms with Crippen molar-refractivity contribution in [1.29, 1.82) is 0 Å². The minimum atomic E-state index is -0.367. The van der Waals surface area contributed by atoms with Gasteiger partial charge in [0.1, 0.15) is 19.0 Å². The number of ether oxygens (including phenoxy) is 2. The molecule has 3 N–H and O–H groups in total. The zero-order valence-corrected chi connectivity index (χ0v) is 24.6. The summed E-state index contributed by atoms with van der Waals surface area (Å²) in [4.78, 5) is 37.8. The first-order valence-corrected chi connectivity index (χ1v) is 13.9. The van der Waals surface area contributed by atoms with E-state index in [1.54, 1.807) is 36.8 Å². The van der Waals surface area contributed by atoms with Gasteiger partial charge in [0.15, 0.2) is 17.5 Å². The Morgan fingerprint density at radius 1 is 1.19 bits per heavy atom. The number of aliphatic hydroxyl groups is 1. The van der Waals surface area contributed by atoms with Gasteiger partial charge in [-0.1, -0.05) is 11.6 Å². The zero-order valence-electron chi connectivity index (χ0n) is 23.9. The molecule has 1 unspecified atom stereocenters. The highest BCUT2D eigenvalue weighted by atomic mass is 35.5. The Bertz CT molecular complexity index is 1580. The largest absolute Gasteiger partial charge is 0.487 e. The number of nitrogens with two attached hydrogens (primary N) is 1. The molecule has 0 aliphatic carbocycles. The lowest BCUT2D eigenvalue weighted by atomic mass is 10.1. The van der Waals surface area contributed by atoms with Gasteiger partial charge in [-0.05, 0) is 49.2 Å². The molecule has 1 atom stereocenters. The number of hydrogen-bond donors (Lipinski definition) is 2. The summed E-state index contributed by atoms with van der Waals surface area (Å²) in [6, 6.07) is 10.9. The lowest BCUT2D eigenvalue weighted by Crippen LogP contribution is -2.34. The molecule has 4 aromatic rings. The van der Waals surface area contributed by atoms with Crippen molar-refractivity contribution in [3.05, 3.63) is 75.8 Å². The van der Waals surface area contributed by atoms with Crippen LogP contribution in [0.4, 0.5) is 11.5 Å². The molecule has 5 rings (SSSR count). The van der Waals surface area contributed by atoms with Crippen LogP contribution in [0.5, 0.6) is 11.6 Å². The van der Waals surface area contributed by atoms with Gasteiger partial charge in [0.05, 0.1) is 39.7 Å². The summed E-state index contributed by atoms with van der Waals surface area (Å²) in [6.07, 6.45) is 7.34. The lowest BCUT2D eigenvalue weighted by Gasteiger charge is -2.28. The van der Waals surface area contributed by atoms with Crippen LogP contribution in [0.2, 0.25) is 5.02 Å². The van der Waals surface area contributed by atoms with E-state index in [2.05, 4.69) is 14.9 Å². The number of aldehydes is 1. The van der Waals surface area contributed by atoms with Crippen LogP contribution in [0.1, 0.15) is 23.2 Å². The van der Waals surface area contributed by atoms with Crippen LogP contribution in [0.3, 0.4) is 0 Å². The second-order valence-electron chi connectivity index (χ2n) is 9.74. The Balaban J connectivity index is 0.00000198. The summed E-state index contributed by atoms with van der Waals surface area (Å²) < 4.78 is 13.6. The normalized spacial score (nSPS) is 14.3. The smallest absolute Gasteiger partial charge is 0.257 e. The number of hydrogen-bond acceptors (Lipinski definition) is 10. The Morgan fingerprint density at radius 2 is 2.00 bits per heavy atom. The van der Waals surface area contributed by atoms with Crippen molar-refractivity contribution in [2.75, 3.05) is 57.3 Å². The second kappa shape index (κ2) is 14.1. The van der Waals surface area contributed by atoms with Crippen molar-refractivity contribution in [3.63, 3.8) is 0 Å². The average Bonchev–Trinajstić information content (AvgIpc) is 3.49. The summed E-state index contributed by atoms with van der Waals surface area (Å²) in [5, 5.41) is 7.79. The van der Waals surface area contributed by atoms with Gasteiger partial charge in [-0.25, -0.2) is 9.97 Å². The first kappa shape index (κ1) is 30.8. The molecule has 12 heteroatoms. The predicted molar refractivity (Wildman–Crippen MR) is 165 cm³/mol. The minimum Gasteiger partial charge on any atom is -0.487 e. The Morgan fingerprint density at radius 3 is 2.69 bits per heavy atom. The van der Waals surface area contributed by atoms with E-state index in [9.17, 15) is 9.59 Å². The summed E-state index contributed by atoms with van der Waals surface area (Å²) >= 11 is 6.79. The fourth-order valence-electron chi connectivity index (χ4n) is 4.92. The average molecular weight is 595 g/mol. The number of nitrogens with zero attached hydrogens (tertiary/aromatic N) is 5. The van der Waals surface area contributed by atoms with Gasteiger partial charge in [0, 0.05) is 52.1 Å². The molecular formula is C30H35ClN6O5. The SMILES string of the molecule is CN(C)c1ccc(-n2cc(C=O)c(=O)c3cc(Cl)c(N4CCCC4COc4ncccc4OCCN)cc32)cn1.CO. The maximum absolute atomic E-state index is 13.1. The highest BCUT2D eigenvalue weighted by molar-refractivity contribution is 6.34. The molecule has 0 saturated carbocycles. The van der Waals surface area contributed by atoms with Crippen molar-refractivity contribution in [2.45, 2.75) is 18.9 Å². The molecule has 0 radical (unpaired) electrons. The number of halogens is 1.